The van der Waals surface area contributed by atoms with Crippen LogP contribution in [-0.4, -0.2) is 54.6 Å². The summed E-state index contributed by atoms with van der Waals surface area (Å²) in [5.41, 5.74) is 0. The van der Waals surface area contributed by atoms with E-state index in [1.807, 2.05) is 6.26 Å². The average molecular weight is 288 g/mol. The third-order valence-corrected chi connectivity index (χ3v) is 3.84. The average Bonchev–Trinajstić information content (AvgIpc) is 2.40. The molecule has 0 aromatic heterocycles. The number of nitrogens with one attached hydrogen (secondary N) is 1. The third-order valence-electron chi connectivity index (χ3n) is 3.14. The van der Waals surface area contributed by atoms with E-state index in [0.717, 1.165) is 25.0 Å². The molecular weight excluding hydrogens is 264 g/mol. The van der Waals surface area contributed by atoms with Crippen LogP contribution in [0.4, 0.5) is 4.79 Å². The van der Waals surface area contributed by atoms with Crippen molar-refractivity contribution in [2.24, 2.45) is 0 Å². The van der Waals surface area contributed by atoms with Gasteiger partial charge < -0.3 is 15.0 Å². The molecule has 0 unspecified atom stereocenters. The lowest BCUT2D eigenvalue weighted by Crippen LogP contribution is -2.46. The van der Waals surface area contributed by atoms with Gasteiger partial charge in [0.1, 0.15) is 0 Å². The second-order valence-corrected chi connectivity index (χ2v) is 5.61. The van der Waals surface area contributed by atoms with Crippen molar-refractivity contribution in [3.05, 3.63) is 0 Å². The Hall–Kier alpha value is -0.910. The van der Waals surface area contributed by atoms with Crippen molar-refractivity contribution in [2.75, 3.05) is 31.7 Å². The number of carbonyl (C=O) groups is 2. The molecule has 110 valence electrons. The molecule has 1 aliphatic rings. The van der Waals surface area contributed by atoms with Gasteiger partial charge in [-0.25, -0.2) is 4.79 Å². The molecule has 5 nitrogen and oxygen atoms in total. The van der Waals surface area contributed by atoms with Crippen LogP contribution in [0, 0.1) is 0 Å². The van der Waals surface area contributed by atoms with E-state index in [4.69, 9.17) is 4.74 Å². The van der Waals surface area contributed by atoms with Crippen LogP contribution >= 0.6 is 11.8 Å². The fourth-order valence-corrected chi connectivity index (χ4v) is 2.53. The van der Waals surface area contributed by atoms with E-state index in [9.17, 15) is 9.59 Å². The van der Waals surface area contributed by atoms with E-state index in [0.29, 0.717) is 26.1 Å². The van der Waals surface area contributed by atoms with Gasteiger partial charge in [0.05, 0.1) is 6.61 Å². The van der Waals surface area contributed by atoms with Crippen molar-refractivity contribution < 1.29 is 14.3 Å². The minimum atomic E-state index is -0.243. The molecular formula is C13H24N2O3S. The maximum Gasteiger partial charge on any atom is 0.409 e. The third kappa shape index (κ3) is 6.18. The topological polar surface area (TPSA) is 58.6 Å². The normalized spacial score (nSPS) is 16.2. The van der Waals surface area contributed by atoms with Crippen LogP contribution in [0.5, 0.6) is 0 Å². The number of likely N-dealkylation sites (tertiary alicyclic amines) is 1. The van der Waals surface area contributed by atoms with Crippen LogP contribution in [0.15, 0.2) is 0 Å². The van der Waals surface area contributed by atoms with Crippen molar-refractivity contribution in [3.8, 4) is 0 Å². The summed E-state index contributed by atoms with van der Waals surface area (Å²) in [5, 5.41) is 3.04. The number of thioether (sulfide) groups is 1. The molecule has 0 radical (unpaired) electrons. The fourth-order valence-electron chi connectivity index (χ4n) is 2.10. The molecule has 0 aromatic carbocycles. The van der Waals surface area contributed by atoms with Crippen LogP contribution in [0.1, 0.15) is 32.6 Å². The van der Waals surface area contributed by atoms with Crippen molar-refractivity contribution in [1.82, 2.24) is 10.2 Å². The van der Waals surface area contributed by atoms with Crippen LogP contribution in [0.3, 0.4) is 0 Å². The van der Waals surface area contributed by atoms with Gasteiger partial charge in [0.25, 0.3) is 0 Å². The van der Waals surface area contributed by atoms with Crippen molar-refractivity contribution in [2.45, 2.75) is 38.6 Å². The van der Waals surface area contributed by atoms with Crippen LogP contribution in [0.2, 0.25) is 0 Å². The van der Waals surface area contributed by atoms with Crippen molar-refractivity contribution in [1.29, 1.82) is 0 Å². The summed E-state index contributed by atoms with van der Waals surface area (Å²) in [7, 11) is 0. The number of piperidine rings is 1. The molecule has 1 aliphatic heterocycles. The quantitative estimate of drug-likeness (QED) is 0.758. The number of hydrogen-bond acceptors (Lipinski definition) is 4. The van der Waals surface area contributed by atoms with E-state index >= 15 is 0 Å². The lowest BCUT2D eigenvalue weighted by molar-refractivity contribution is -0.122. The van der Waals surface area contributed by atoms with Crippen molar-refractivity contribution in [3.63, 3.8) is 0 Å². The Bertz CT molecular complexity index is 292. The number of amides is 2. The molecule has 1 heterocycles. The minimum Gasteiger partial charge on any atom is -0.450 e. The first kappa shape index (κ1) is 16.1. The molecule has 19 heavy (non-hydrogen) atoms. The van der Waals surface area contributed by atoms with Gasteiger partial charge in [0, 0.05) is 25.6 Å². The number of nitrogens with zero attached hydrogens (tertiary/aromatic N) is 1. The maximum absolute atomic E-state index is 11.7. The minimum absolute atomic E-state index is 0.128. The van der Waals surface area contributed by atoms with Gasteiger partial charge in [-0.2, -0.15) is 11.8 Å². The van der Waals surface area contributed by atoms with Crippen LogP contribution < -0.4 is 5.32 Å². The second-order valence-electron chi connectivity index (χ2n) is 4.62. The van der Waals surface area contributed by atoms with Gasteiger partial charge in [-0.15, -0.1) is 0 Å². The molecule has 0 atom stereocenters. The van der Waals surface area contributed by atoms with Gasteiger partial charge >= 0.3 is 6.09 Å². The summed E-state index contributed by atoms with van der Waals surface area (Å²) in [5.74, 6) is 1.15. The summed E-state index contributed by atoms with van der Waals surface area (Å²) in [4.78, 5) is 24.9. The lowest BCUT2D eigenvalue weighted by Gasteiger charge is -2.31. The predicted molar refractivity (Wildman–Crippen MR) is 77.4 cm³/mol. The lowest BCUT2D eigenvalue weighted by atomic mass is 10.1. The monoisotopic (exact) mass is 288 g/mol. The number of carbonyl (C=O) groups excluding carboxylic acids is 2. The molecule has 1 rings (SSSR count). The first-order valence-electron chi connectivity index (χ1n) is 6.87. The highest BCUT2D eigenvalue weighted by molar-refractivity contribution is 7.98. The molecule has 0 aromatic rings. The summed E-state index contributed by atoms with van der Waals surface area (Å²) in [6, 6.07) is 0.201. The Labute approximate surface area is 119 Å². The SMILES string of the molecule is CCOC(=O)N1CCC(NC(=O)CCCSC)CC1. The first-order chi connectivity index (χ1) is 9.17. The first-order valence-corrected chi connectivity index (χ1v) is 8.26. The summed E-state index contributed by atoms with van der Waals surface area (Å²) >= 11 is 1.76. The zero-order valence-corrected chi connectivity index (χ0v) is 12.6. The molecule has 1 N–H and O–H groups in total. The van der Waals surface area contributed by atoms with E-state index in [1.54, 1.807) is 23.6 Å². The number of rotatable bonds is 6. The van der Waals surface area contributed by atoms with Gasteiger partial charge in [-0.05, 0) is 38.2 Å². The standard InChI is InChI=1S/C13H24N2O3S/c1-3-18-13(17)15-8-6-11(7-9-15)14-12(16)5-4-10-19-2/h11H,3-10H2,1-2H3,(H,14,16). The van der Waals surface area contributed by atoms with Gasteiger partial charge in [0.2, 0.25) is 5.91 Å². The molecule has 0 aliphatic carbocycles. The van der Waals surface area contributed by atoms with Crippen LogP contribution in [-0.2, 0) is 9.53 Å². The zero-order chi connectivity index (χ0) is 14.1. The fraction of sp³-hybridized carbons (Fsp3) is 0.846. The molecule has 6 heteroatoms. The Morgan fingerprint density at radius 3 is 2.63 bits per heavy atom. The van der Waals surface area contributed by atoms with E-state index in [1.165, 1.54) is 0 Å². The van der Waals surface area contributed by atoms with Crippen LogP contribution in [0.25, 0.3) is 0 Å². The molecule has 1 fully saturated rings. The Kier molecular flexibility index (Phi) is 7.70. The van der Waals surface area contributed by atoms with Crippen molar-refractivity contribution >= 4 is 23.8 Å². The summed E-state index contributed by atoms with van der Waals surface area (Å²) < 4.78 is 4.96. The molecule has 1 saturated heterocycles. The Morgan fingerprint density at radius 2 is 2.05 bits per heavy atom. The van der Waals surface area contributed by atoms with Gasteiger partial charge in [-0.1, -0.05) is 0 Å². The Morgan fingerprint density at radius 1 is 1.37 bits per heavy atom. The highest BCUT2D eigenvalue weighted by atomic mass is 32.2. The molecule has 0 spiro atoms. The molecule has 0 saturated carbocycles. The maximum atomic E-state index is 11.7. The zero-order valence-electron chi connectivity index (χ0n) is 11.8. The largest absolute Gasteiger partial charge is 0.450 e. The smallest absolute Gasteiger partial charge is 0.409 e. The van der Waals surface area contributed by atoms with E-state index in [2.05, 4.69) is 5.32 Å². The predicted octanol–water partition coefficient (Wildman–Crippen LogP) is 1.87. The van der Waals surface area contributed by atoms with E-state index < -0.39 is 0 Å². The van der Waals surface area contributed by atoms with Gasteiger partial charge in [0.15, 0.2) is 0 Å². The molecule has 0 bridgehead atoms. The number of ether oxygens (including phenoxy) is 1. The highest BCUT2D eigenvalue weighted by Crippen LogP contribution is 2.12. The molecule has 2 amide bonds. The van der Waals surface area contributed by atoms with Gasteiger partial charge in [-0.3, -0.25) is 4.79 Å². The second kappa shape index (κ2) is 9.07. The van der Waals surface area contributed by atoms with E-state index in [-0.39, 0.29) is 18.0 Å². The Balaban J connectivity index is 2.19. The number of hydrogen-bond donors (Lipinski definition) is 1. The highest BCUT2D eigenvalue weighted by Gasteiger charge is 2.24. The summed E-state index contributed by atoms with van der Waals surface area (Å²) in [6.07, 6.45) is 4.95. The summed E-state index contributed by atoms with van der Waals surface area (Å²) in [6.45, 7) is 3.54.